The van der Waals surface area contributed by atoms with Gasteiger partial charge in [0.25, 0.3) is 0 Å². The number of benzene rings is 1. The number of ether oxygens (including phenoxy) is 2. The summed E-state index contributed by atoms with van der Waals surface area (Å²) in [6.45, 7) is 5.95. The summed E-state index contributed by atoms with van der Waals surface area (Å²) in [5.74, 6) is 0.110. The summed E-state index contributed by atoms with van der Waals surface area (Å²) >= 11 is 0. The van der Waals surface area contributed by atoms with Gasteiger partial charge in [-0.15, -0.1) is 13.2 Å². The van der Waals surface area contributed by atoms with Gasteiger partial charge in [0.05, 0.1) is 18.9 Å². The van der Waals surface area contributed by atoms with Crippen LogP contribution in [0.5, 0.6) is 5.75 Å². The van der Waals surface area contributed by atoms with E-state index in [2.05, 4.69) is 17.4 Å². The first-order valence-corrected chi connectivity index (χ1v) is 10.2. The molecule has 2 aliphatic heterocycles. The first-order chi connectivity index (χ1) is 14.7. The van der Waals surface area contributed by atoms with Gasteiger partial charge in [-0.2, -0.15) is 5.26 Å². The number of methoxy groups -OCH3 is 1. The van der Waals surface area contributed by atoms with Crippen LogP contribution in [0.25, 0.3) is 0 Å². The third kappa shape index (κ3) is 5.84. The molecule has 9 heteroatoms. The van der Waals surface area contributed by atoms with Gasteiger partial charge in [0.15, 0.2) is 0 Å². The van der Waals surface area contributed by atoms with E-state index in [1.54, 1.807) is 21.9 Å². The van der Waals surface area contributed by atoms with Crippen LogP contribution in [0, 0.1) is 23.2 Å². The zero-order chi connectivity index (χ0) is 22.6. The molecule has 0 radical (unpaired) electrons. The third-order valence-corrected chi connectivity index (χ3v) is 5.97. The smallest absolute Gasteiger partial charge is 0.501 e. The Morgan fingerprint density at radius 1 is 1.16 bits per heavy atom. The minimum Gasteiger partial charge on any atom is -0.501 e. The molecule has 1 aromatic rings. The molecule has 168 valence electrons. The molecule has 0 saturated carbocycles. The number of hydrogen-bond donors (Lipinski definition) is 0. The van der Waals surface area contributed by atoms with Crippen LogP contribution in [0.4, 0.5) is 18.0 Å². The van der Waals surface area contributed by atoms with Crippen LogP contribution in [-0.2, 0) is 4.74 Å². The van der Waals surface area contributed by atoms with E-state index in [0.717, 1.165) is 5.56 Å². The Morgan fingerprint density at radius 2 is 1.81 bits per heavy atom. The number of nitrogens with zero attached hydrogens (tertiary/aromatic N) is 3. The van der Waals surface area contributed by atoms with Crippen molar-refractivity contribution in [1.29, 1.82) is 5.26 Å². The molecule has 1 aromatic carbocycles. The van der Waals surface area contributed by atoms with Crippen molar-refractivity contribution in [3.05, 3.63) is 42.2 Å². The van der Waals surface area contributed by atoms with Gasteiger partial charge in [0.2, 0.25) is 0 Å². The second kappa shape index (κ2) is 9.50. The fourth-order valence-electron chi connectivity index (χ4n) is 4.24. The summed E-state index contributed by atoms with van der Waals surface area (Å²) in [6, 6.07) is 7.95. The predicted octanol–water partition coefficient (Wildman–Crippen LogP) is 4.51. The lowest BCUT2D eigenvalue weighted by atomic mass is 9.83. The zero-order valence-electron chi connectivity index (χ0n) is 17.4. The summed E-state index contributed by atoms with van der Waals surface area (Å²) in [6.07, 6.45) is -2.74. The Kier molecular flexibility index (Phi) is 6.98. The van der Waals surface area contributed by atoms with Gasteiger partial charge >= 0.3 is 12.4 Å². The van der Waals surface area contributed by atoms with Gasteiger partial charge in [-0.05, 0) is 37.0 Å². The van der Waals surface area contributed by atoms with E-state index in [1.165, 1.54) is 19.2 Å². The standard InChI is InChI=1S/C22H26F3N3O3/c1-15(30-2)18-11-19(17-3-5-20(6-4-17)31-22(23,24)25)14-28(13-18)21(29)27-9-7-16(12-26)8-10-27/h3-6,16,18-19H,1,7-11,13-14H2,2H3. The maximum Gasteiger partial charge on any atom is 0.573 e. The van der Waals surface area contributed by atoms with E-state index >= 15 is 0 Å². The van der Waals surface area contributed by atoms with Gasteiger partial charge in [0.1, 0.15) is 5.75 Å². The van der Waals surface area contributed by atoms with Crippen molar-refractivity contribution in [1.82, 2.24) is 9.80 Å². The second-order valence-corrected chi connectivity index (χ2v) is 7.99. The normalized spacial score (nSPS) is 22.5. The molecule has 2 fully saturated rings. The molecule has 2 amide bonds. The highest BCUT2D eigenvalue weighted by molar-refractivity contribution is 5.75. The minimum atomic E-state index is -4.74. The van der Waals surface area contributed by atoms with Gasteiger partial charge in [-0.25, -0.2) is 4.79 Å². The summed E-state index contributed by atoms with van der Waals surface area (Å²) in [5, 5.41) is 9.07. The van der Waals surface area contributed by atoms with Gasteiger partial charge < -0.3 is 19.3 Å². The highest BCUT2D eigenvalue weighted by atomic mass is 19.4. The summed E-state index contributed by atoms with van der Waals surface area (Å²) < 4.78 is 46.6. The van der Waals surface area contributed by atoms with E-state index < -0.39 is 6.36 Å². The van der Waals surface area contributed by atoms with Crippen LogP contribution in [-0.4, -0.2) is 55.5 Å². The lowest BCUT2D eigenvalue weighted by Crippen LogP contribution is -2.51. The van der Waals surface area contributed by atoms with E-state index in [1.807, 2.05) is 0 Å². The molecule has 6 nitrogen and oxygen atoms in total. The van der Waals surface area contributed by atoms with E-state index in [0.29, 0.717) is 51.2 Å². The number of likely N-dealkylation sites (tertiary alicyclic amines) is 2. The number of piperidine rings is 2. The van der Waals surface area contributed by atoms with Crippen LogP contribution >= 0.6 is 0 Å². The van der Waals surface area contributed by atoms with Crippen LogP contribution in [0.3, 0.4) is 0 Å². The topological polar surface area (TPSA) is 65.8 Å². The molecule has 3 rings (SSSR count). The highest BCUT2D eigenvalue weighted by Gasteiger charge is 2.36. The number of carbonyl (C=O) groups is 1. The quantitative estimate of drug-likeness (QED) is 0.651. The lowest BCUT2D eigenvalue weighted by Gasteiger charge is -2.41. The Hall–Kier alpha value is -2.89. The van der Waals surface area contributed by atoms with Crippen LogP contribution in [0.15, 0.2) is 36.6 Å². The van der Waals surface area contributed by atoms with Crippen LogP contribution < -0.4 is 4.74 Å². The molecular formula is C22H26F3N3O3. The molecule has 0 aromatic heterocycles. The molecule has 2 unspecified atom stereocenters. The number of carbonyl (C=O) groups excluding carboxylic acids is 1. The number of urea groups is 1. The van der Waals surface area contributed by atoms with Crippen LogP contribution in [0.1, 0.15) is 30.7 Å². The van der Waals surface area contributed by atoms with Crippen molar-refractivity contribution in [3.8, 4) is 11.8 Å². The molecule has 31 heavy (non-hydrogen) atoms. The number of alkyl halides is 3. The van der Waals surface area contributed by atoms with E-state index in [4.69, 9.17) is 10.00 Å². The van der Waals surface area contributed by atoms with Crippen molar-refractivity contribution in [2.75, 3.05) is 33.3 Å². The van der Waals surface area contributed by atoms with E-state index in [9.17, 15) is 18.0 Å². The molecular weight excluding hydrogens is 411 g/mol. The molecule has 0 spiro atoms. The molecule has 0 aliphatic carbocycles. The van der Waals surface area contributed by atoms with Gasteiger partial charge in [0, 0.05) is 43.9 Å². The molecule has 2 atom stereocenters. The number of halogens is 3. The average Bonchev–Trinajstić information content (AvgIpc) is 2.77. The Labute approximate surface area is 179 Å². The summed E-state index contributed by atoms with van der Waals surface area (Å²) in [5.41, 5.74) is 0.823. The average molecular weight is 437 g/mol. The predicted molar refractivity (Wildman–Crippen MR) is 107 cm³/mol. The van der Waals surface area contributed by atoms with Gasteiger partial charge in [-0.3, -0.25) is 0 Å². The molecule has 0 bridgehead atoms. The van der Waals surface area contributed by atoms with Crippen LogP contribution in [0.2, 0.25) is 0 Å². The zero-order valence-corrected chi connectivity index (χ0v) is 17.4. The van der Waals surface area contributed by atoms with Crippen molar-refractivity contribution < 1.29 is 27.4 Å². The third-order valence-electron chi connectivity index (χ3n) is 5.97. The first-order valence-electron chi connectivity index (χ1n) is 10.2. The number of nitriles is 1. The first kappa shape index (κ1) is 22.8. The monoisotopic (exact) mass is 437 g/mol. The molecule has 2 heterocycles. The minimum absolute atomic E-state index is 0.0170. The fraction of sp³-hybridized carbons (Fsp3) is 0.545. The Morgan fingerprint density at radius 3 is 2.35 bits per heavy atom. The summed E-state index contributed by atoms with van der Waals surface area (Å²) in [4.78, 5) is 16.7. The molecule has 2 saturated heterocycles. The maximum absolute atomic E-state index is 13.1. The summed E-state index contributed by atoms with van der Waals surface area (Å²) in [7, 11) is 1.54. The fourth-order valence-corrected chi connectivity index (χ4v) is 4.24. The number of rotatable bonds is 4. The molecule has 2 aliphatic rings. The maximum atomic E-state index is 13.1. The van der Waals surface area contributed by atoms with Crippen molar-refractivity contribution in [2.45, 2.75) is 31.5 Å². The SMILES string of the molecule is C=C(OC)C1CC(c2ccc(OC(F)(F)F)cc2)CN(C(=O)N2CCC(C#N)CC2)C1. The van der Waals surface area contributed by atoms with Crippen molar-refractivity contribution in [3.63, 3.8) is 0 Å². The van der Waals surface area contributed by atoms with Crippen molar-refractivity contribution >= 4 is 6.03 Å². The lowest BCUT2D eigenvalue weighted by molar-refractivity contribution is -0.274. The number of amides is 2. The highest BCUT2D eigenvalue weighted by Crippen LogP contribution is 2.35. The van der Waals surface area contributed by atoms with E-state index in [-0.39, 0.29) is 29.5 Å². The Bertz CT molecular complexity index is 827. The van der Waals surface area contributed by atoms with Gasteiger partial charge in [-0.1, -0.05) is 18.7 Å². The van der Waals surface area contributed by atoms with Crippen molar-refractivity contribution in [2.24, 2.45) is 11.8 Å². The largest absolute Gasteiger partial charge is 0.573 e. The second-order valence-electron chi connectivity index (χ2n) is 7.99. The Balaban J connectivity index is 1.74. The number of hydrogen-bond acceptors (Lipinski definition) is 4. The molecule has 0 N–H and O–H groups in total.